The predicted molar refractivity (Wildman–Crippen MR) is 44.9 cm³/mol. The van der Waals surface area contributed by atoms with Crippen LogP contribution in [-0.4, -0.2) is 11.2 Å². The molecule has 0 aromatic carbocycles. The van der Waals surface area contributed by atoms with Gasteiger partial charge in [-0.2, -0.15) is 0 Å². The highest BCUT2D eigenvalue weighted by atomic mass is 16.3. The Kier molecular flexibility index (Phi) is 5.32. The fourth-order valence-corrected chi connectivity index (χ4v) is 0.853. The quantitative estimate of drug-likeness (QED) is 0.584. The van der Waals surface area contributed by atoms with Gasteiger partial charge in [0.1, 0.15) is 0 Å². The van der Waals surface area contributed by atoms with Gasteiger partial charge in [0.2, 0.25) is 0 Å². The molecule has 0 rings (SSSR count). The van der Waals surface area contributed by atoms with Crippen molar-refractivity contribution in [3.05, 3.63) is 12.7 Å². The van der Waals surface area contributed by atoms with Gasteiger partial charge >= 0.3 is 0 Å². The molecule has 10 heavy (non-hydrogen) atoms. The van der Waals surface area contributed by atoms with Gasteiger partial charge in [0.15, 0.2) is 0 Å². The highest BCUT2D eigenvalue weighted by Gasteiger charge is 1.98. The van der Waals surface area contributed by atoms with E-state index >= 15 is 0 Å². The monoisotopic (exact) mass is 142 g/mol. The van der Waals surface area contributed by atoms with Crippen molar-refractivity contribution in [1.29, 1.82) is 0 Å². The lowest BCUT2D eigenvalue weighted by atomic mass is 10.0. The molecule has 1 N–H and O–H groups in total. The van der Waals surface area contributed by atoms with Crippen LogP contribution in [0.2, 0.25) is 0 Å². The first-order chi connectivity index (χ1) is 4.66. The molecule has 0 bridgehead atoms. The third-order valence-corrected chi connectivity index (χ3v) is 1.68. The summed E-state index contributed by atoms with van der Waals surface area (Å²) in [6.45, 7) is 7.68. The standard InChI is InChI=1S/C9H18O/c1-4-8(2)6-5-7-9(3)10/h4,8-10H,1,5-7H2,2-3H3. The van der Waals surface area contributed by atoms with Crippen molar-refractivity contribution in [2.24, 2.45) is 5.92 Å². The minimum Gasteiger partial charge on any atom is -0.393 e. The van der Waals surface area contributed by atoms with Gasteiger partial charge in [-0.15, -0.1) is 6.58 Å². The molecular weight excluding hydrogens is 124 g/mol. The highest BCUT2D eigenvalue weighted by molar-refractivity contribution is 4.74. The van der Waals surface area contributed by atoms with Crippen LogP contribution in [0.5, 0.6) is 0 Å². The Hall–Kier alpha value is -0.300. The van der Waals surface area contributed by atoms with E-state index in [1.807, 2.05) is 13.0 Å². The van der Waals surface area contributed by atoms with Crippen molar-refractivity contribution in [3.8, 4) is 0 Å². The lowest BCUT2D eigenvalue weighted by Gasteiger charge is -2.06. The number of rotatable bonds is 5. The summed E-state index contributed by atoms with van der Waals surface area (Å²) in [7, 11) is 0. The molecule has 0 aliphatic rings. The van der Waals surface area contributed by atoms with Crippen LogP contribution in [0.4, 0.5) is 0 Å². The first kappa shape index (κ1) is 9.70. The second-order valence-corrected chi connectivity index (χ2v) is 2.99. The Balaban J connectivity index is 3.11. The molecule has 0 aliphatic carbocycles. The van der Waals surface area contributed by atoms with Crippen molar-refractivity contribution >= 4 is 0 Å². The van der Waals surface area contributed by atoms with Crippen LogP contribution in [-0.2, 0) is 0 Å². The molecule has 0 spiro atoms. The lowest BCUT2D eigenvalue weighted by Crippen LogP contribution is -2.00. The van der Waals surface area contributed by atoms with E-state index in [4.69, 9.17) is 5.11 Å². The van der Waals surface area contributed by atoms with Crippen molar-refractivity contribution in [3.63, 3.8) is 0 Å². The van der Waals surface area contributed by atoms with E-state index in [1.54, 1.807) is 0 Å². The SMILES string of the molecule is C=CC(C)CCCC(C)O. The van der Waals surface area contributed by atoms with Crippen LogP contribution in [0.25, 0.3) is 0 Å². The van der Waals surface area contributed by atoms with E-state index in [9.17, 15) is 0 Å². The molecule has 2 atom stereocenters. The molecule has 0 aromatic rings. The number of hydrogen-bond donors (Lipinski definition) is 1. The van der Waals surface area contributed by atoms with Crippen LogP contribution in [0.1, 0.15) is 33.1 Å². The maximum atomic E-state index is 8.91. The normalized spacial score (nSPS) is 16.3. The number of aliphatic hydroxyl groups excluding tert-OH is 1. The van der Waals surface area contributed by atoms with E-state index in [2.05, 4.69) is 13.5 Å². The summed E-state index contributed by atoms with van der Waals surface area (Å²) in [5, 5.41) is 8.91. The van der Waals surface area contributed by atoms with Crippen molar-refractivity contribution in [2.45, 2.75) is 39.2 Å². The van der Waals surface area contributed by atoms with Crippen molar-refractivity contribution in [1.82, 2.24) is 0 Å². The number of allylic oxidation sites excluding steroid dienone is 1. The fraction of sp³-hybridized carbons (Fsp3) is 0.778. The van der Waals surface area contributed by atoms with Gasteiger partial charge < -0.3 is 5.11 Å². The Morgan fingerprint density at radius 3 is 2.40 bits per heavy atom. The second kappa shape index (κ2) is 5.48. The van der Waals surface area contributed by atoms with Gasteiger partial charge in [0, 0.05) is 0 Å². The molecular formula is C9H18O. The van der Waals surface area contributed by atoms with Gasteiger partial charge in [-0.3, -0.25) is 0 Å². The van der Waals surface area contributed by atoms with Crippen molar-refractivity contribution < 1.29 is 5.11 Å². The summed E-state index contributed by atoms with van der Waals surface area (Å²) in [6, 6.07) is 0. The summed E-state index contributed by atoms with van der Waals surface area (Å²) in [5.41, 5.74) is 0. The first-order valence-electron chi connectivity index (χ1n) is 3.97. The summed E-state index contributed by atoms with van der Waals surface area (Å²) in [6.07, 6.45) is 4.98. The van der Waals surface area contributed by atoms with Crippen LogP contribution in [0.3, 0.4) is 0 Å². The third kappa shape index (κ3) is 5.83. The van der Waals surface area contributed by atoms with Crippen LogP contribution >= 0.6 is 0 Å². The molecule has 0 aliphatic heterocycles. The maximum Gasteiger partial charge on any atom is 0.0512 e. The Morgan fingerprint density at radius 2 is 2.00 bits per heavy atom. The van der Waals surface area contributed by atoms with Crippen LogP contribution in [0, 0.1) is 5.92 Å². The molecule has 2 unspecified atom stereocenters. The first-order valence-corrected chi connectivity index (χ1v) is 3.97. The van der Waals surface area contributed by atoms with Gasteiger partial charge in [0.05, 0.1) is 6.10 Å². The van der Waals surface area contributed by atoms with Crippen LogP contribution in [0.15, 0.2) is 12.7 Å². The summed E-state index contributed by atoms with van der Waals surface area (Å²) < 4.78 is 0. The second-order valence-electron chi connectivity index (χ2n) is 2.99. The van der Waals surface area contributed by atoms with E-state index < -0.39 is 0 Å². The summed E-state index contributed by atoms with van der Waals surface area (Å²) in [4.78, 5) is 0. The van der Waals surface area contributed by atoms with Crippen LogP contribution < -0.4 is 0 Å². The van der Waals surface area contributed by atoms with Gasteiger partial charge in [0.25, 0.3) is 0 Å². The minimum absolute atomic E-state index is 0.142. The van der Waals surface area contributed by atoms with E-state index in [0.29, 0.717) is 5.92 Å². The smallest absolute Gasteiger partial charge is 0.0512 e. The molecule has 0 aromatic heterocycles. The molecule has 0 radical (unpaired) electrons. The number of aliphatic hydroxyl groups is 1. The Bertz CT molecular complexity index is 86.7. The lowest BCUT2D eigenvalue weighted by molar-refractivity contribution is 0.179. The molecule has 60 valence electrons. The highest BCUT2D eigenvalue weighted by Crippen LogP contribution is 2.09. The largest absolute Gasteiger partial charge is 0.393 e. The predicted octanol–water partition coefficient (Wildman–Crippen LogP) is 2.36. The zero-order valence-corrected chi connectivity index (χ0v) is 7.01. The summed E-state index contributed by atoms with van der Waals surface area (Å²) in [5.74, 6) is 0.596. The molecule has 1 heteroatoms. The van der Waals surface area contributed by atoms with E-state index in [1.165, 1.54) is 0 Å². The molecule has 0 saturated carbocycles. The fourth-order valence-electron chi connectivity index (χ4n) is 0.853. The van der Waals surface area contributed by atoms with Crippen molar-refractivity contribution in [2.75, 3.05) is 0 Å². The molecule has 0 heterocycles. The van der Waals surface area contributed by atoms with Gasteiger partial charge in [-0.05, 0) is 25.7 Å². The van der Waals surface area contributed by atoms with Gasteiger partial charge in [-0.25, -0.2) is 0 Å². The minimum atomic E-state index is -0.142. The Morgan fingerprint density at radius 1 is 1.40 bits per heavy atom. The molecule has 0 amide bonds. The Labute approximate surface area is 63.8 Å². The summed E-state index contributed by atoms with van der Waals surface area (Å²) >= 11 is 0. The maximum absolute atomic E-state index is 8.91. The average molecular weight is 142 g/mol. The topological polar surface area (TPSA) is 20.2 Å². The van der Waals surface area contributed by atoms with E-state index in [-0.39, 0.29) is 6.10 Å². The average Bonchev–Trinajstić information content (AvgIpc) is 1.87. The zero-order valence-electron chi connectivity index (χ0n) is 7.01. The van der Waals surface area contributed by atoms with Gasteiger partial charge in [-0.1, -0.05) is 19.4 Å². The third-order valence-electron chi connectivity index (χ3n) is 1.68. The number of hydrogen-bond acceptors (Lipinski definition) is 1. The molecule has 1 nitrogen and oxygen atoms in total. The van der Waals surface area contributed by atoms with E-state index in [0.717, 1.165) is 19.3 Å². The molecule has 0 fully saturated rings. The zero-order chi connectivity index (χ0) is 7.98. The molecule has 0 saturated heterocycles.